The van der Waals surface area contributed by atoms with Crippen LogP contribution in [0.2, 0.25) is 5.02 Å². The number of benzene rings is 3. The summed E-state index contributed by atoms with van der Waals surface area (Å²) in [6.07, 6.45) is 2.01. The Labute approximate surface area is 224 Å². The zero-order valence-electron chi connectivity index (χ0n) is 20.9. The van der Waals surface area contributed by atoms with Gasteiger partial charge in [-0.2, -0.15) is 5.10 Å². The van der Waals surface area contributed by atoms with Crippen molar-refractivity contribution < 1.29 is 9.18 Å². The fourth-order valence-corrected chi connectivity index (χ4v) is 5.20. The monoisotopic (exact) mass is 525 g/mol. The molecule has 0 fully saturated rings. The number of nitrogens with one attached hydrogen (secondary N) is 1. The molecule has 6 rings (SSSR count). The first-order valence-corrected chi connectivity index (χ1v) is 12.7. The predicted octanol–water partition coefficient (Wildman–Crippen LogP) is 7.21. The molecule has 2 amide bonds. The van der Waals surface area contributed by atoms with Crippen LogP contribution in [-0.2, 0) is 6.54 Å². The minimum Gasteiger partial charge on any atom is -0.308 e. The Balaban J connectivity index is 1.52. The number of para-hydroxylation sites is 1. The van der Waals surface area contributed by atoms with Gasteiger partial charge in [0, 0.05) is 17.4 Å². The molecule has 0 spiro atoms. The van der Waals surface area contributed by atoms with Gasteiger partial charge in [-0.25, -0.2) is 13.9 Å². The lowest BCUT2D eigenvalue weighted by atomic mass is 10.0. The number of urea groups is 1. The first-order chi connectivity index (χ1) is 18.4. The van der Waals surface area contributed by atoms with Crippen molar-refractivity contribution in [2.75, 3.05) is 5.32 Å². The van der Waals surface area contributed by atoms with E-state index in [-0.39, 0.29) is 11.1 Å². The van der Waals surface area contributed by atoms with Crippen molar-refractivity contribution in [3.63, 3.8) is 0 Å². The smallest absolute Gasteiger partial charge is 0.308 e. The van der Waals surface area contributed by atoms with Crippen LogP contribution in [0.25, 0.3) is 11.5 Å². The van der Waals surface area contributed by atoms with Crippen LogP contribution in [0, 0.1) is 19.7 Å². The van der Waals surface area contributed by atoms with Crippen LogP contribution in [0.5, 0.6) is 0 Å². The molecule has 8 heteroatoms. The number of anilines is 1. The molecule has 1 N–H and O–H groups in total. The van der Waals surface area contributed by atoms with Gasteiger partial charge in [-0.05, 0) is 61.9 Å². The van der Waals surface area contributed by atoms with Crippen molar-refractivity contribution in [3.05, 3.63) is 130 Å². The van der Waals surface area contributed by atoms with Crippen molar-refractivity contribution >= 4 is 23.3 Å². The van der Waals surface area contributed by atoms with Crippen molar-refractivity contribution in [2.45, 2.75) is 26.4 Å². The number of halogens is 2. The highest BCUT2D eigenvalue weighted by Crippen LogP contribution is 2.39. The summed E-state index contributed by atoms with van der Waals surface area (Å²) in [5.41, 5.74) is 6.15. The number of amides is 2. The molecule has 5 aromatic rings. The average molecular weight is 526 g/mol. The summed E-state index contributed by atoms with van der Waals surface area (Å²) in [5.74, 6) is 0.356. The number of rotatable bonds is 3. The SMILES string of the molecule is Cc1ccc([C@@H]2c3cccn3-c3c(c(C)nn3-c3ccccc3)CN2C(=O)Nc2ccc(F)c(Cl)c2)cc1. The number of nitrogens with zero attached hydrogens (tertiary/aromatic N) is 4. The van der Waals surface area contributed by atoms with Crippen LogP contribution in [0.1, 0.15) is 34.1 Å². The summed E-state index contributed by atoms with van der Waals surface area (Å²) in [6.45, 7) is 4.31. The Bertz CT molecular complexity index is 1640. The molecule has 38 heavy (non-hydrogen) atoms. The van der Waals surface area contributed by atoms with E-state index in [9.17, 15) is 9.18 Å². The Morgan fingerprint density at radius 3 is 2.50 bits per heavy atom. The van der Waals surface area contributed by atoms with E-state index in [1.54, 1.807) is 4.90 Å². The molecular formula is C30H25ClFN5O. The average Bonchev–Trinajstić information content (AvgIpc) is 3.48. The highest BCUT2D eigenvalue weighted by atomic mass is 35.5. The van der Waals surface area contributed by atoms with E-state index >= 15 is 0 Å². The van der Waals surface area contributed by atoms with Crippen molar-refractivity contribution in [2.24, 2.45) is 0 Å². The largest absolute Gasteiger partial charge is 0.322 e. The van der Waals surface area contributed by atoms with Crippen molar-refractivity contribution in [1.82, 2.24) is 19.2 Å². The standard InChI is InChI=1S/C30H25ClFN5O/c1-19-10-12-21(13-11-19)28-27-9-6-16-35(27)29-24(20(2)34-37(29)23-7-4-3-5-8-23)18-36(28)30(38)33-22-14-15-26(32)25(31)17-22/h3-17,28H,18H2,1-2H3,(H,33,38)/t28-/m1/s1. The topological polar surface area (TPSA) is 55.1 Å². The second-order valence-electron chi connectivity index (χ2n) is 9.44. The fraction of sp³-hybridized carbons (Fsp3) is 0.133. The summed E-state index contributed by atoms with van der Waals surface area (Å²) in [5, 5.41) is 7.75. The normalized spacial score (nSPS) is 14.5. The molecule has 2 aromatic heterocycles. The highest BCUT2D eigenvalue weighted by molar-refractivity contribution is 6.31. The number of hydrogen-bond acceptors (Lipinski definition) is 2. The van der Waals surface area contributed by atoms with Gasteiger partial charge in [0.15, 0.2) is 0 Å². The van der Waals surface area contributed by atoms with Crippen LogP contribution in [0.3, 0.4) is 0 Å². The van der Waals surface area contributed by atoms with Gasteiger partial charge < -0.3 is 14.8 Å². The van der Waals surface area contributed by atoms with Gasteiger partial charge in [-0.1, -0.05) is 59.6 Å². The molecule has 0 unspecified atom stereocenters. The predicted molar refractivity (Wildman–Crippen MR) is 147 cm³/mol. The third-order valence-electron chi connectivity index (χ3n) is 6.91. The quantitative estimate of drug-likeness (QED) is 0.270. The van der Waals surface area contributed by atoms with Crippen molar-refractivity contribution in [1.29, 1.82) is 0 Å². The molecule has 0 saturated carbocycles. The van der Waals surface area contributed by atoms with Gasteiger partial charge in [0.2, 0.25) is 0 Å². The minimum atomic E-state index is -0.539. The molecule has 3 heterocycles. The molecule has 190 valence electrons. The number of carbonyl (C=O) groups excluding carboxylic acids is 1. The van der Waals surface area contributed by atoms with Crippen LogP contribution < -0.4 is 5.32 Å². The van der Waals surface area contributed by atoms with E-state index in [0.29, 0.717) is 12.2 Å². The maximum Gasteiger partial charge on any atom is 0.322 e. The van der Waals surface area contributed by atoms with E-state index in [2.05, 4.69) is 22.0 Å². The number of aryl methyl sites for hydroxylation is 2. The molecule has 1 atom stereocenters. The molecule has 0 aliphatic carbocycles. The number of hydrogen-bond donors (Lipinski definition) is 1. The van der Waals surface area contributed by atoms with Crippen LogP contribution in [0.15, 0.2) is 91.1 Å². The molecule has 1 aliphatic rings. The molecule has 0 bridgehead atoms. The summed E-state index contributed by atoms with van der Waals surface area (Å²) in [7, 11) is 0. The summed E-state index contributed by atoms with van der Waals surface area (Å²) in [6, 6.07) is 25.6. The lowest BCUT2D eigenvalue weighted by molar-refractivity contribution is 0.194. The van der Waals surface area contributed by atoms with Gasteiger partial charge in [0.05, 0.1) is 34.7 Å². The minimum absolute atomic E-state index is 0.0510. The third-order valence-corrected chi connectivity index (χ3v) is 7.20. The lowest BCUT2D eigenvalue weighted by Crippen LogP contribution is -2.38. The van der Waals surface area contributed by atoms with E-state index in [1.807, 2.05) is 79.3 Å². The van der Waals surface area contributed by atoms with Crippen molar-refractivity contribution in [3.8, 4) is 11.5 Å². The number of fused-ring (bicyclic) bond motifs is 3. The second kappa shape index (κ2) is 9.50. The van der Waals surface area contributed by atoms with E-state index in [0.717, 1.165) is 39.6 Å². The van der Waals surface area contributed by atoms with Gasteiger partial charge >= 0.3 is 6.03 Å². The second-order valence-corrected chi connectivity index (χ2v) is 9.85. The summed E-state index contributed by atoms with van der Waals surface area (Å²) < 4.78 is 17.8. The fourth-order valence-electron chi connectivity index (χ4n) is 5.02. The first-order valence-electron chi connectivity index (χ1n) is 12.3. The lowest BCUT2D eigenvalue weighted by Gasteiger charge is -2.31. The zero-order valence-corrected chi connectivity index (χ0v) is 21.7. The Kier molecular flexibility index (Phi) is 6.00. The molecule has 6 nitrogen and oxygen atoms in total. The van der Waals surface area contributed by atoms with E-state index < -0.39 is 11.9 Å². The summed E-state index contributed by atoms with van der Waals surface area (Å²) in [4.78, 5) is 15.7. The Hall–Kier alpha value is -4.36. The molecule has 0 radical (unpaired) electrons. The highest BCUT2D eigenvalue weighted by Gasteiger charge is 2.36. The maximum absolute atomic E-state index is 13.9. The zero-order chi connectivity index (χ0) is 26.4. The Morgan fingerprint density at radius 2 is 1.76 bits per heavy atom. The number of aromatic nitrogens is 3. The molecule has 0 saturated heterocycles. The Morgan fingerprint density at radius 1 is 1.00 bits per heavy atom. The van der Waals surface area contributed by atoms with Crippen LogP contribution in [0.4, 0.5) is 14.9 Å². The van der Waals surface area contributed by atoms with Crippen LogP contribution in [-0.4, -0.2) is 25.3 Å². The number of carbonyl (C=O) groups is 1. The van der Waals surface area contributed by atoms with E-state index in [1.165, 1.54) is 18.2 Å². The van der Waals surface area contributed by atoms with Gasteiger partial charge in [0.1, 0.15) is 11.6 Å². The van der Waals surface area contributed by atoms with Gasteiger partial charge in [0.25, 0.3) is 0 Å². The van der Waals surface area contributed by atoms with Gasteiger partial charge in [-0.3, -0.25) is 0 Å². The van der Waals surface area contributed by atoms with Gasteiger partial charge in [-0.15, -0.1) is 0 Å². The molecule has 1 aliphatic heterocycles. The van der Waals surface area contributed by atoms with E-state index in [4.69, 9.17) is 16.7 Å². The first kappa shape index (κ1) is 24.0. The third kappa shape index (κ3) is 4.15. The maximum atomic E-state index is 13.9. The molecule has 3 aromatic carbocycles. The summed E-state index contributed by atoms with van der Waals surface area (Å²) >= 11 is 6.00. The molecular weight excluding hydrogens is 501 g/mol. The van der Waals surface area contributed by atoms with Crippen LogP contribution >= 0.6 is 11.6 Å².